The van der Waals surface area contributed by atoms with Crippen LogP contribution in [0.3, 0.4) is 0 Å². The molecule has 5 aromatic rings. The lowest BCUT2D eigenvalue weighted by molar-refractivity contribution is -0.224. The number of carbonyl (C=O) groups excluding carboxylic acids is 5. The van der Waals surface area contributed by atoms with Gasteiger partial charge in [0.05, 0.1) is 42.6 Å². The smallest absolute Gasteiger partial charge is 0.352 e. The second kappa shape index (κ2) is 27.1. The van der Waals surface area contributed by atoms with Gasteiger partial charge in [-0.3, -0.25) is 29.7 Å². The molecule has 0 aromatic carbocycles. The number of aromatic nitrogens is 5. The summed E-state index contributed by atoms with van der Waals surface area (Å²) in [6.07, 6.45) is 17.6. The van der Waals surface area contributed by atoms with Crippen molar-refractivity contribution < 1.29 is 65.2 Å². The van der Waals surface area contributed by atoms with E-state index in [1.165, 1.54) is 90.1 Å². The number of ketones is 1. The van der Waals surface area contributed by atoms with Gasteiger partial charge in [0.15, 0.2) is 23.0 Å². The van der Waals surface area contributed by atoms with Crippen molar-refractivity contribution in [2.75, 3.05) is 12.8 Å². The predicted molar refractivity (Wildman–Crippen MR) is 245 cm³/mol. The van der Waals surface area contributed by atoms with Crippen molar-refractivity contribution in [2.45, 2.75) is 81.8 Å². The summed E-state index contributed by atoms with van der Waals surface area (Å²) >= 11 is 5.78. The number of carbonyl (C=O) groups is 5. The van der Waals surface area contributed by atoms with Gasteiger partial charge in [-0.15, -0.1) is 0 Å². The third-order valence-electron chi connectivity index (χ3n) is 8.07. The molecule has 0 saturated carbocycles. The number of ether oxygens (including phenoxy) is 5. The van der Waals surface area contributed by atoms with Crippen LogP contribution in [0.15, 0.2) is 110 Å². The third-order valence-corrected chi connectivity index (χ3v) is 8.40. The summed E-state index contributed by atoms with van der Waals surface area (Å²) in [6.45, 7) is 5.88. The van der Waals surface area contributed by atoms with Crippen LogP contribution < -0.4 is 5.73 Å². The summed E-state index contributed by atoms with van der Waals surface area (Å²) in [5.74, 6) is -7.45. The molecule has 0 unspecified atom stereocenters. The number of nitrogens with zero attached hydrogens (tertiary/aromatic N) is 5. The fourth-order valence-corrected chi connectivity index (χ4v) is 5.32. The molecule has 0 amide bonds. The Morgan fingerprint density at radius 1 is 0.676 bits per heavy atom. The van der Waals surface area contributed by atoms with Crippen LogP contribution in [-0.2, 0) is 55.7 Å². The van der Waals surface area contributed by atoms with Crippen LogP contribution in [0.1, 0.15) is 78.9 Å². The minimum absolute atomic E-state index is 0. The van der Waals surface area contributed by atoms with Gasteiger partial charge in [-0.2, -0.15) is 0 Å². The Hall–Kier alpha value is -7.61. The first-order chi connectivity index (χ1) is 30.2. The lowest BCUT2D eigenvalue weighted by atomic mass is 9.98. The number of hydrogen-bond donors (Lipinski definition) is 1. The maximum atomic E-state index is 13.3. The number of fused-ring (bicyclic) bond motifs is 2. The summed E-state index contributed by atoms with van der Waals surface area (Å²) in [7, 11) is 1.33. The van der Waals surface area contributed by atoms with Crippen LogP contribution in [0.25, 0.3) is 10.9 Å². The Balaban J connectivity index is 0.000000832. The highest BCUT2D eigenvalue weighted by Gasteiger charge is 2.40. The Labute approximate surface area is 396 Å². The van der Waals surface area contributed by atoms with Crippen molar-refractivity contribution in [2.24, 2.45) is 0 Å². The van der Waals surface area contributed by atoms with E-state index >= 15 is 0 Å². The van der Waals surface area contributed by atoms with Crippen molar-refractivity contribution in [1.82, 2.24) is 24.9 Å². The maximum absolute atomic E-state index is 13.3. The summed E-state index contributed by atoms with van der Waals surface area (Å²) in [4.78, 5) is 74.9. The Morgan fingerprint density at radius 3 is 1.69 bits per heavy atom. The van der Waals surface area contributed by atoms with Crippen molar-refractivity contribution in [3.05, 3.63) is 155 Å². The second-order valence-electron chi connectivity index (χ2n) is 13.7. The molecule has 2 N–H and O–H groups in total. The number of methoxy groups -OCH3 is 1. The Bertz CT molecular complexity index is 2560. The summed E-state index contributed by atoms with van der Waals surface area (Å²) in [6, 6.07) is 4.48. The zero-order chi connectivity index (χ0) is 47.2. The molecule has 0 atom stereocenters. The molecule has 0 radical (unpaired) electrons. The number of nitrogen functional groups attached to an aromatic ring is 1. The van der Waals surface area contributed by atoms with Crippen LogP contribution in [-0.4, -0.2) is 73.3 Å². The highest BCUT2D eigenvalue weighted by atomic mass is 35.5. The number of esters is 4. The SMILES string of the molecule is C.C.C.C.CC1(C)OC(=O)C(=CCc2ccncc2F)C(=O)O1.COC=C1C(=O)OC(C)(C)OC1=O.Fc1cncc2c(Cl)ccnc12.Nc1ccncc1F.O=C1C=CCc2c(F)cncc21. The number of pyridine rings is 5. The highest BCUT2D eigenvalue weighted by Crippen LogP contribution is 2.25. The molecule has 2 fully saturated rings. The zero-order valence-corrected chi connectivity index (χ0v) is 35.2. The quantitative estimate of drug-likeness (QED) is 0.0585. The first-order valence-corrected chi connectivity index (χ1v) is 18.8. The molecule has 7 heterocycles. The lowest BCUT2D eigenvalue weighted by Gasteiger charge is -2.29. The number of nitrogens with two attached hydrogens (primary N) is 1. The average molecular weight is 973 g/mol. The molecule has 0 spiro atoms. The largest absolute Gasteiger partial charge is 0.503 e. The fourth-order valence-electron chi connectivity index (χ4n) is 5.13. The van der Waals surface area contributed by atoms with E-state index in [-0.39, 0.29) is 64.3 Å². The molecule has 366 valence electrons. The standard InChI is InChI=1S/C13H12FNO4.C9H6FNO.C8H4ClFN2.C8H10O5.C5H5FN2.4CH4/c1-13(2)18-11(16)9(12(17)19-13)4-3-8-5-6-15-7-10(8)14;10-8-5-11-4-7-6(8)2-1-3-9(7)12;9-6-1-2-12-8-5(6)3-11-4-7(8)10;1-8(2)12-6(9)5(4-11-3)7(10)13-8;6-4-3-8-2-1-5(4)7;;;;/h4-7H,3H2,1-2H3;1,3-5H,2H2;1-4H;4H,1-3H3;1-3H,(H2,7,8);4*1H4. The molecule has 3 aliphatic rings. The zero-order valence-electron chi connectivity index (χ0n) is 34.4. The van der Waals surface area contributed by atoms with Gasteiger partial charge in [-0.25, -0.2) is 36.7 Å². The van der Waals surface area contributed by atoms with Crippen LogP contribution in [0.5, 0.6) is 0 Å². The van der Waals surface area contributed by atoms with Crippen LogP contribution in [0.4, 0.5) is 23.2 Å². The molecule has 2 saturated heterocycles. The van der Waals surface area contributed by atoms with Gasteiger partial charge in [0.2, 0.25) is 0 Å². The molecule has 16 nitrogen and oxygen atoms in total. The van der Waals surface area contributed by atoms with Crippen LogP contribution >= 0.6 is 11.6 Å². The topological polar surface area (TPSA) is 222 Å². The van der Waals surface area contributed by atoms with E-state index in [4.69, 9.17) is 36.3 Å². The highest BCUT2D eigenvalue weighted by molar-refractivity contribution is 6.35. The first-order valence-electron chi connectivity index (χ1n) is 18.4. The van der Waals surface area contributed by atoms with E-state index in [9.17, 15) is 41.5 Å². The second-order valence-corrected chi connectivity index (χ2v) is 14.1. The molecule has 5 aromatic heterocycles. The molecule has 1 aliphatic carbocycles. The van der Waals surface area contributed by atoms with E-state index in [0.29, 0.717) is 33.5 Å². The van der Waals surface area contributed by atoms with Crippen molar-refractivity contribution in [1.29, 1.82) is 0 Å². The molecule has 68 heavy (non-hydrogen) atoms. The van der Waals surface area contributed by atoms with Gasteiger partial charge >= 0.3 is 23.9 Å². The van der Waals surface area contributed by atoms with Gasteiger partial charge in [0, 0.05) is 75.2 Å². The fraction of sp³-hybridized carbons (Fsp3) is 0.277. The summed E-state index contributed by atoms with van der Waals surface area (Å²) < 4.78 is 75.4. The van der Waals surface area contributed by atoms with E-state index < -0.39 is 58.7 Å². The van der Waals surface area contributed by atoms with E-state index in [1.54, 1.807) is 12.1 Å². The lowest BCUT2D eigenvalue weighted by Crippen LogP contribution is -2.41. The molecule has 21 heteroatoms. The number of anilines is 1. The predicted octanol–water partition coefficient (Wildman–Crippen LogP) is 9.16. The first kappa shape index (κ1) is 60.4. The van der Waals surface area contributed by atoms with E-state index in [1.807, 2.05) is 0 Å². The molecule has 2 aliphatic heterocycles. The van der Waals surface area contributed by atoms with Crippen LogP contribution in [0, 0.1) is 23.3 Å². The van der Waals surface area contributed by atoms with Gasteiger partial charge < -0.3 is 29.4 Å². The van der Waals surface area contributed by atoms with E-state index in [0.717, 1.165) is 31.0 Å². The summed E-state index contributed by atoms with van der Waals surface area (Å²) in [5, 5.41) is 1.01. The van der Waals surface area contributed by atoms with E-state index in [2.05, 4.69) is 29.7 Å². The maximum Gasteiger partial charge on any atom is 0.352 e. The number of rotatable bonds is 3. The normalized spacial score (nSPS) is 14.4. The molecular formula is C47H53ClF4N6O10. The Morgan fingerprint density at radius 2 is 1.19 bits per heavy atom. The van der Waals surface area contributed by atoms with Gasteiger partial charge in [-0.1, -0.05) is 53.5 Å². The van der Waals surface area contributed by atoms with Gasteiger partial charge in [0.25, 0.3) is 11.6 Å². The Kier molecular flexibility index (Phi) is 24.1. The average Bonchev–Trinajstić information content (AvgIpc) is 3.22. The minimum Gasteiger partial charge on any atom is -0.503 e. The van der Waals surface area contributed by atoms with Crippen molar-refractivity contribution >= 4 is 57.9 Å². The molecule has 8 rings (SSSR count). The minimum atomic E-state index is -1.27. The number of hydrogen-bond acceptors (Lipinski definition) is 16. The van der Waals surface area contributed by atoms with Crippen LogP contribution in [0.2, 0.25) is 5.02 Å². The number of halogens is 5. The number of allylic oxidation sites excluding steroid dienone is 3. The van der Waals surface area contributed by atoms with Gasteiger partial charge in [0.1, 0.15) is 29.0 Å². The van der Waals surface area contributed by atoms with Crippen molar-refractivity contribution in [3.8, 4) is 0 Å². The number of cyclic esters (lactones) is 4. The summed E-state index contributed by atoms with van der Waals surface area (Å²) in [5.41, 5.74) is 6.21. The molecular weight excluding hydrogens is 920 g/mol. The molecule has 0 bridgehead atoms. The van der Waals surface area contributed by atoms with Crippen molar-refractivity contribution in [3.63, 3.8) is 0 Å². The monoisotopic (exact) mass is 972 g/mol. The third kappa shape index (κ3) is 17.0. The van der Waals surface area contributed by atoms with Gasteiger partial charge in [-0.05, 0) is 42.7 Å².